The fourth-order valence-electron chi connectivity index (χ4n) is 1.61. The minimum absolute atomic E-state index is 0.146. The molecule has 108 valence electrons. The SMILES string of the molecule is COCC(=O)N[C@@H](Cc1ccc(C(=O)O)cc1)C(N)=O. The highest BCUT2D eigenvalue weighted by Gasteiger charge is 2.18. The van der Waals surface area contributed by atoms with Crippen LogP contribution in [0.3, 0.4) is 0 Å². The molecule has 7 heteroatoms. The van der Waals surface area contributed by atoms with Crippen molar-refractivity contribution in [1.82, 2.24) is 5.32 Å². The highest BCUT2D eigenvalue weighted by atomic mass is 16.5. The fourth-order valence-corrected chi connectivity index (χ4v) is 1.61. The Morgan fingerprint density at radius 2 is 1.90 bits per heavy atom. The third kappa shape index (κ3) is 4.69. The van der Waals surface area contributed by atoms with Gasteiger partial charge in [0.1, 0.15) is 12.6 Å². The normalized spacial score (nSPS) is 11.7. The molecular formula is C13H16N2O5. The molecule has 0 aliphatic heterocycles. The average molecular weight is 280 g/mol. The van der Waals surface area contributed by atoms with Crippen LogP contribution in [0.2, 0.25) is 0 Å². The van der Waals surface area contributed by atoms with Crippen molar-refractivity contribution in [3.05, 3.63) is 35.4 Å². The first-order valence-corrected chi connectivity index (χ1v) is 5.84. The molecular weight excluding hydrogens is 264 g/mol. The first kappa shape index (κ1) is 15.6. The van der Waals surface area contributed by atoms with Gasteiger partial charge in [-0.25, -0.2) is 4.79 Å². The summed E-state index contributed by atoms with van der Waals surface area (Å²) in [6, 6.07) is 5.12. The summed E-state index contributed by atoms with van der Waals surface area (Å²) < 4.78 is 4.65. The first-order chi connectivity index (χ1) is 9.43. The van der Waals surface area contributed by atoms with Crippen LogP contribution in [0.25, 0.3) is 0 Å². The van der Waals surface area contributed by atoms with Crippen LogP contribution in [-0.4, -0.2) is 42.6 Å². The second-order valence-corrected chi connectivity index (χ2v) is 4.16. The molecule has 0 unspecified atom stereocenters. The standard InChI is InChI=1S/C13H16N2O5/c1-20-7-11(16)15-10(12(14)17)6-8-2-4-9(5-3-8)13(18)19/h2-5,10H,6-7H2,1H3,(H2,14,17)(H,15,16)(H,18,19)/t10-/m0/s1. The van der Waals surface area contributed by atoms with Gasteiger partial charge in [0, 0.05) is 13.5 Å². The van der Waals surface area contributed by atoms with E-state index in [0.717, 1.165) is 0 Å². The molecule has 0 fully saturated rings. The third-order valence-electron chi connectivity index (χ3n) is 2.59. The minimum Gasteiger partial charge on any atom is -0.478 e. The van der Waals surface area contributed by atoms with Gasteiger partial charge in [0.05, 0.1) is 5.56 Å². The highest BCUT2D eigenvalue weighted by molar-refractivity contribution is 5.88. The van der Waals surface area contributed by atoms with Gasteiger partial charge in [0.2, 0.25) is 11.8 Å². The second kappa shape index (κ2) is 7.25. The Morgan fingerprint density at radius 3 is 2.35 bits per heavy atom. The Bertz CT molecular complexity index is 498. The summed E-state index contributed by atoms with van der Waals surface area (Å²) in [7, 11) is 1.36. The third-order valence-corrected chi connectivity index (χ3v) is 2.59. The monoisotopic (exact) mass is 280 g/mol. The number of nitrogens with two attached hydrogens (primary N) is 1. The molecule has 1 atom stereocenters. The number of carbonyl (C=O) groups excluding carboxylic acids is 2. The molecule has 0 aromatic heterocycles. The number of aromatic carboxylic acids is 1. The molecule has 0 spiro atoms. The Morgan fingerprint density at radius 1 is 1.30 bits per heavy atom. The Balaban J connectivity index is 2.72. The van der Waals surface area contributed by atoms with E-state index in [0.29, 0.717) is 5.56 Å². The predicted molar refractivity (Wildman–Crippen MR) is 70.1 cm³/mol. The molecule has 0 heterocycles. The number of carbonyl (C=O) groups is 3. The molecule has 0 radical (unpaired) electrons. The van der Waals surface area contributed by atoms with Crippen LogP contribution in [0, 0.1) is 0 Å². The van der Waals surface area contributed by atoms with Gasteiger partial charge in [-0.1, -0.05) is 12.1 Å². The molecule has 1 aromatic carbocycles. The zero-order chi connectivity index (χ0) is 15.1. The maximum absolute atomic E-state index is 11.4. The Hall–Kier alpha value is -2.41. The Kier molecular flexibility index (Phi) is 5.67. The number of methoxy groups -OCH3 is 1. The van der Waals surface area contributed by atoms with Crippen molar-refractivity contribution >= 4 is 17.8 Å². The first-order valence-electron chi connectivity index (χ1n) is 5.84. The van der Waals surface area contributed by atoms with Gasteiger partial charge in [0.15, 0.2) is 0 Å². The molecule has 0 aliphatic carbocycles. The van der Waals surface area contributed by atoms with Crippen LogP contribution in [0.5, 0.6) is 0 Å². The van der Waals surface area contributed by atoms with Crippen molar-refractivity contribution in [3.8, 4) is 0 Å². The van der Waals surface area contributed by atoms with Gasteiger partial charge in [-0.3, -0.25) is 9.59 Å². The lowest BCUT2D eigenvalue weighted by atomic mass is 10.0. The number of carboxylic acids is 1. The number of hydrogen-bond acceptors (Lipinski definition) is 4. The molecule has 1 aromatic rings. The zero-order valence-corrected chi connectivity index (χ0v) is 11.0. The second-order valence-electron chi connectivity index (χ2n) is 4.16. The minimum atomic E-state index is -1.03. The number of rotatable bonds is 7. The topological polar surface area (TPSA) is 119 Å². The van der Waals surface area contributed by atoms with Crippen LogP contribution in [0.15, 0.2) is 24.3 Å². The number of ether oxygens (including phenoxy) is 1. The average Bonchev–Trinajstić information content (AvgIpc) is 2.38. The molecule has 20 heavy (non-hydrogen) atoms. The fraction of sp³-hybridized carbons (Fsp3) is 0.308. The molecule has 0 aliphatic rings. The quantitative estimate of drug-likeness (QED) is 0.624. The number of nitrogens with one attached hydrogen (secondary N) is 1. The summed E-state index contributed by atoms with van der Waals surface area (Å²) in [5.74, 6) is -2.15. The number of hydrogen-bond donors (Lipinski definition) is 3. The van der Waals surface area contributed by atoms with E-state index in [9.17, 15) is 14.4 Å². The predicted octanol–water partition coefficient (Wildman–Crippen LogP) is -0.456. The van der Waals surface area contributed by atoms with Crippen molar-refractivity contribution < 1.29 is 24.2 Å². The highest BCUT2D eigenvalue weighted by Crippen LogP contribution is 2.07. The van der Waals surface area contributed by atoms with Crippen molar-refractivity contribution in [3.63, 3.8) is 0 Å². The van der Waals surface area contributed by atoms with Gasteiger partial charge in [-0.05, 0) is 17.7 Å². The molecule has 4 N–H and O–H groups in total. The van der Waals surface area contributed by atoms with Gasteiger partial charge in [-0.15, -0.1) is 0 Å². The van der Waals surface area contributed by atoms with Crippen molar-refractivity contribution in [2.45, 2.75) is 12.5 Å². The van der Waals surface area contributed by atoms with Crippen molar-refractivity contribution in [1.29, 1.82) is 0 Å². The largest absolute Gasteiger partial charge is 0.478 e. The van der Waals surface area contributed by atoms with Crippen LogP contribution >= 0.6 is 0 Å². The summed E-state index contributed by atoms with van der Waals surface area (Å²) in [5, 5.41) is 11.2. The maximum Gasteiger partial charge on any atom is 0.335 e. The van der Waals surface area contributed by atoms with Gasteiger partial charge in [0.25, 0.3) is 0 Å². The lowest BCUT2D eigenvalue weighted by Gasteiger charge is -2.15. The van der Waals surface area contributed by atoms with Gasteiger partial charge < -0.3 is 20.9 Å². The van der Waals surface area contributed by atoms with Crippen molar-refractivity contribution in [2.24, 2.45) is 5.73 Å². The van der Waals surface area contributed by atoms with Crippen molar-refractivity contribution in [2.75, 3.05) is 13.7 Å². The van der Waals surface area contributed by atoms with Crippen LogP contribution < -0.4 is 11.1 Å². The van der Waals surface area contributed by atoms with Crippen LogP contribution in [0.4, 0.5) is 0 Å². The summed E-state index contributed by atoms with van der Waals surface area (Å²) in [6.45, 7) is -0.165. The molecule has 0 saturated carbocycles. The lowest BCUT2D eigenvalue weighted by molar-refractivity contribution is -0.129. The van der Waals surface area contributed by atoms with E-state index in [-0.39, 0.29) is 18.6 Å². The molecule has 0 bridgehead atoms. The van der Waals surface area contributed by atoms with E-state index in [1.54, 1.807) is 12.1 Å². The number of carboxylic acid groups (broad SMARTS) is 1. The van der Waals surface area contributed by atoms with E-state index < -0.39 is 23.8 Å². The summed E-state index contributed by atoms with van der Waals surface area (Å²) in [4.78, 5) is 33.4. The van der Waals surface area contributed by atoms with E-state index in [2.05, 4.69) is 10.1 Å². The number of benzene rings is 1. The van der Waals surface area contributed by atoms with Crippen LogP contribution in [0.1, 0.15) is 15.9 Å². The summed E-state index contributed by atoms with van der Waals surface area (Å²) >= 11 is 0. The van der Waals surface area contributed by atoms with Gasteiger partial charge in [-0.2, -0.15) is 0 Å². The number of primary amides is 1. The lowest BCUT2D eigenvalue weighted by Crippen LogP contribution is -2.47. The number of amides is 2. The van der Waals surface area contributed by atoms with E-state index in [4.69, 9.17) is 10.8 Å². The molecule has 2 amide bonds. The Labute approximate surface area is 115 Å². The summed E-state index contributed by atoms with van der Waals surface area (Å²) in [6.07, 6.45) is 0.185. The zero-order valence-electron chi connectivity index (χ0n) is 11.0. The molecule has 0 saturated heterocycles. The van der Waals surface area contributed by atoms with E-state index in [1.165, 1.54) is 19.2 Å². The van der Waals surface area contributed by atoms with E-state index >= 15 is 0 Å². The summed E-state index contributed by atoms with van der Waals surface area (Å²) in [5.41, 5.74) is 6.06. The smallest absolute Gasteiger partial charge is 0.335 e. The van der Waals surface area contributed by atoms with Crippen LogP contribution in [-0.2, 0) is 20.7 Å². The molecule has 1 rings (SSSR count). The maximum atomic E-state index is 11.4. The molecule has 7 nitrogen and oxygen atoms in total. The van der Waals surface area contributed by atoms with Gasteiger partial charge >= 0.3 is 5.97 Å². The van der Waals surface area contributed by atoms with E-state index in [1.807, 2.05) is 0 Å².